The summed E-state index contributed by atoms with van der Waals surface area (Å²) in [7, 11) is 8.14. The Hall–Kier alpha value is -3.41. The lowest BCUT2D eigenvalue weighted by Crippen LogP contribution is -2.31. The van der Waals surface area contributed by atoms with E-state index in [2.05, 4.69) is 75.5 Å². The average molecular weight is 390 g/mol. The van der Waals surface area contributed by atoms with E-state index >= 15 is 0 Å². The number of aromatic nitrogens is 2. The maximum Gasteiger partial charge on any atom is 0.307 e. The molecule has 0 atom stereocenters. The second-order valence-electron chi connectivity index (χ2n) is 7.22. The van der Waals surface area contributed by atoms with Gasteiger partial charge in [0.2, 0.25) is 0 Å². The largest absolute Gasteiger partial charge is 0.378 e. The van der Waals surface area contributed by atoms with E-state index in [1.54, 1.807) is 0 Å². The number of hydrogen-bond acceptors (Lipinski definition) is 4. The van der Waals surface area contributed by atoms with Gasteiger partial charge in [-0.3, -0.25) is 0 Å². The zero-order valence-electron chi connectivity index (χ0n) is 17.8. The Morgan fingerprint density at radius 1 is 0.828 bits per heavy atom. The Bertz CT molecular complexity index is 900. The molecule has 0 N–H and O–H groups in total. The molecule has 0 aliphatic rings. The van der Waals surface area contributed by atoms with Crippen LogP contribution in [0.3, 0.4) is 0 Å². The lowest BCUT2D eigenvalue weighted by atomic mass is 10.2. The lowest BCUT2D eigenvalue weighted by Gasteiger charge is -2.11. The van der Waals surface area contributed by atoms with Crippen molar-refractivity contribution >= 4 is 23.8 Å². The van der Waals surface area contributed by atoms with Gasteiger partial charge in [0.05, 0.1) is 18.9 Å². The molecule has 6 nitrogen and oxygen atoms in total. The Morgan fingerprint density at radius 3 is 1.83 bits per heavy atom. The number of hydrogen-bond donors (Lipinski definition) is 0. The van der Waals surface area contributed by atoms with Gasteiger partial charge in [0.25, 0.3) is 0 Å². The second-order valence-corrected chi connectivity index (χ2v) is 7.22. The molecule has 0 aliphatic heterocycles. The highest BCUT2D eigenvalue weighted by atomic mass is 15.5. The monoisotopic (exact) mass is 389 g/mol. The summed E-state index contributed by atoms with van der Waals surface area (Å²) in [6.07, 6.45) is 8.41. The maximum absolute atomic E-state index is 4.61. The van der Waals surface area contributed by atoms with Gasteiger partial charge in [-0.1, -0.05) is 41.4 Å². The summed E-state index contributed by atoms with van der Waals surface area (Å²) in [4.78, 5) is 4.16. The zero-order chi connectivity index (χ0) is 20.8. The average Bonchev–Trinajstić information content (AvgIpc) is 3.13. The smallest absolute Gasteiger partial charge is 0.307 e. The minimum atomic E-state index is 0.820. The van der Waals surface area contributed by atoms with E-state index in [0.29, 0.717) is 0 Å². The van der Waals surface area contributed by atoms with Crippen LogP contribution in [0.4, 0.5) is 11.4 Å². The molecule has 6 heteroatoms. The summed E-state index contributed by atoms with van der Waals surface area (Å²) >= 11 is 0. The van der Waals surface area contributed by atoms with Crippen molar-refractivity contribution in [2.45, 2.75) is 13.3 Å². The Morgan fingerprint density at radius 2 is 1.34 bits per heavy atom. The molecule has 1 heterocycles. The molecule has 150 valence electrons. The van der Waals surface area contributed by atoms with Crippen molar-refractivity contribution in [1.82, 2.24) is 4.68 Å². The molecular weight excluding hydrogens is 360 g/mol. The van der Waals surface area contributed by atoms with Crippen LogP contribution in [-0.4, -0.2) is 45.3 Å². The first-order chi connectivity index (χ1) is 14.0. The molecule has 3 aromatic rings. The topological polar surface area (TPSA) is 40.0 Å². The fourth-order valence-electron chi connectivity index (χ4n) is 2.91. The van der Waals surface area contributed by atoms with Gasteiger partial charge in [0.15, 0.2) is 12.4 Å². The van der Waals surface area contributed by atoms with Crippen LogP contribution in [-0.2, 0) is 6.42 Å². The summed E-state index contributed by atoms with van der Waals surface area (Å²) in [6.45, 7) is 2.10. The second kappa shape index (κ2) is 9.19. The summed E-state index contributed by atoms with van der Waals surface area (Å²) < 4.78 is 3.73. The molecule has 0 unspecified atom stereocenters. The molecular formula is C23H29N6+. The van der Waals surface area contributed by atoms with E-state index < -0.39 is 0 Å². The van der Waals surface area contributed by atoms with Gasteiger partial charge in [0.1, 0.15) is 0 Å². The number of anilines is 2. The molecule has 0 spiro atoms. The van der Waals surface area contributed by atoms with E-state index in [-0.39, 0.29) is 0 Å². The van der Waals surface area contributed by atoms with E-state index in [9.17, 15) is 0 Å². The van der Waals surface area contributed by atoms with Crippen molar-refractivity contribution in [2.24, 2.45) is 10.2 Å². The predicted octanol–water partition coefficient (Wildman–Crippen LogP) is 3.23. The summed E-state index contributed by atoms with van der Waals surface area (Å²) in [5.74, 6) is 1.01. The number of imidazole rings is 1. The summed E-state index contributed by atoms with van der Waals surface area (Å²) in [5.41, 5.74) is 4.45. The van der Waals surface area contributed by atoms with Crippen molar-refractivity contribution in [3.8, 4) is 0 Å². The molecule has 0 saturated carbocycles. The van der Waals surface area contributed by atoms with Gasteiger partial charge >= 0.3 is 5.82 Å². The molecule has 3 rings (SSSR count). The van der Waals surface area contributed by atoms with Gasteiger partial charge in [-0.05, 0) is 35.4 Å². The van der Waals surface area contributed by atoms with Crippen molar-refractivity contribution in [2.75, 3.05) is 38.0 Å². The van der Waals surface area contributed by atoms with Gasteiger partial charge in [-0.25, -0.2) is 0 Å². The quantitative estimate of drug-likeness (QED) is 0.460. The summed E-state index contributed by atoms with van der Waals surface area (Å²) in [5, 5.41) is 9.21. The van der Waals surface area contributed by atoms with Gasteiger partial charge < -0.3 is 9.80 Å². The first-order valence-corrected chi connectivity index (χ1v) is 9.73. The SMILES string of the molecule is CCc1n(N=Cc2ccc(N(C)C)cc2)cc[n+]1N=Cc1ccc(N(C)C)cc1. The minimum absolute atomic E-state index is 0.820. The van der Waals surface area contributed by atoms with Gasteiger partial charge in [-0.15, -0.1) is 9.35 Å². The first-order valence-electron chi connectivity index (χ1n) is 9.73. The molecule has 29 heavy (non-hydrogen) atoms. The van der Waals surface area contributed by atoms with Crippen LogP contribution in [0, 0.1) is 0 Å². The maximum atomic E-state index is 4.61. The van der Waals surface area contributed by atoms with Crippen LogP contribution < -0.4 is 14.5 Å². The third kappa shape index (κ3) is 5.10. The third-order valence-corrected chi connectivity index (χ3v) is 4.68. The van der Waals surface area contributed by atoms with Crippen LogP contribution in [0.2, 0.25) is 0 Å². The number of benzene rings is 2. The molecule has 0 aliphatic carbocycles. The van der Waals surface area contributed by atoms with Crippen LogP contribution >= 0.6 is 0 Å². The highest BCUT2D eigenvalue weighted by Gasteiger charge is 2.14. The van der Waals surface area contributed by atoms with Crippen molar-refractivity contribution in [1.29, 1.82) is 0 Å². The molecule has 0 bridgehead atoms. The number of rotatable bonds is 7. The highest BCUT2D eigenvalue weighted by Crippen LogP contribution is 2.12. The van der Waals surface area contributed by atoms with Crippen molar-refractivity contribution in [3.63, 3.8) is 0 Å². The Balaban J connectivity index is 1.75. The van der Waals surface area contributed by atoms with E-state index in [0.717, 1.165) is 23.4 Å². The predicted molar refractivity (Wildman–Crippen MR) is 122 cm³/mol. The van der Waals surface area contributed by atoms with E-state index in [1.807, 2.05) is 62.4 Å². The molecule has 0 radical (unpaired) electrons. The normalized spacial score (nSPS) is 11.5. The molecule has 0 amide bonds. The van der Waals surface area contributed by atoms with Crippen LogP contribution in [0.5, 0.6) is 0 Å². The van der Waals surface area contributed by atoms with Crippen LogP contribution in [0.1, 0.15) is 23.9 Å². The fraction of sp³-hybridized carbons (Fsp3) is 0.261. The Kier molecular flexibility index (Phi) is 6.44. The standard InChI is InChI=1S/C23H29N6/c1-6-23-28(24-17-19-7-11-21(12-8-19)26(2)3)15-16-29(23)25-18-20-9-13-22(14-10-20)27(4)5/h7-18H,6H2,1-5H3/q+1. The third-order valence-electron chi connectivity index (χ3n) is 4.68. The van der Waals surface area contributed by atoms with Gasteiger partial charge in [-0.2, -0.15) is 0 Å². The van der Waals surface area contributed by atoms with E-state index in [1.165, 1.54) is 11.4 Å². The summed E-state index contributed by atoms with van der Waals surface area (Å²) in [6, 6.07) is 16.6. The minimum Gasteiger partial charge on any atom is -0.378 e. The highest BCUT2D eigenvalue weighted by molar-refractivity contribution is 5.80. The molecule has 0 fully saturated rings. The Labute approximate surface area is 173 Å². The van der Waals surface area contributed by atoms with E-state index in [4.69, 9.17) is 0 Å². The van der Waals surface area contributed by atoms with Gasteiger partial charge in [0, 0.05) is 39.6 Å². The first kappa shape index (κ1) is 20.3. The molecule has 1 aromatic heterocycles. The molecule has 2 aromatic carbocycles. The van der Waals surface area contributed by atoms with Crippen molar-refractivity contribution in [3.05, 3.63) is 77.9 Å². The lowest BCUT2D eigenvalue weighted by molar-refractivity contribution is -0.685. The fourth-order valence-corrected chi connectivity index (χ4v) is 2.91. The van der Waals surface area contributed by atoms with Crippen LogP contribution in [0.15, 0.2) is 71.1 Å². The van der Waals surface area contributed by atoms with Crippen molar-refractivity contribution < 1.29 is 4.68 Å². The zero-order valence-corrected chi connectivity index (χ0v) is 17.8. The number of nitrogens with zero attached hydrogens (tertiary/aromatic N) is 6. The molecule has 0 saturated heterocycles. The van der Waals surface area contributed by atoms with Crippen LogP contribution in [0.25, 0.3) is 0 Å².